The predicted octanol–water partition coefficient (Wildman–Crippen LogP) is 4.36. The first-order valence-corrected chi connectivity index (χ1v) is 8.36. The fourth-order valence-electron chi connectivity index (χ4n) is 2.49. The number of hydrogen-bond acceptors (Lipinski definition) is 4. The molecule has 0 radical (unpaired) electrons. The number of fused-ring (bicyclic) bond motifs is 1. The maximum Gasteiger partial charge on any atom is 0.248 e. The number of nitrogens with zero attached hydrogens (tertiary/aromatic N) is 2. The lowest BCUT2D eigenvalue weighted by molar-refractivity contribution is 0.1000. The highest BCUT2D eigenvalue weighted by Crippen LogP contribution is 2.28. The van der Waals surface area contributed by atoms with Crippen LogP contribution in [0.15, 0.2) is 47.1 Å². The molecule has 1 amide bonds. The number of benzene rings is 2. The minimum Gasteiger partial charge on any atom is -0.366 e. The summed E-state index contributed by atoms with van der Waals surface area (Å²) >= 11 is 3.44. The monoisotopic (exact) mass is 384 g/mol. The zero-order chi connectivity index (χ0) is 17.3. The molecule has 6 heteroatoms. The Labute approximate surface area is 148 Å². The Hall–Kier alpha value is -2.47. The number of aromatic nitrogens is 2. The normalized spacial score (nSPS) is 11.0. The van der Waals surface area contributed by atoms with Gasteiger partial charge in [-0.2, -0.15) is 0 Å². The summed E-state index contributed by atoms with van der Waals surface area (Å²) in [4.78, 5) is 20.3. The number of rotatable bonds is 4. The van der Waals surface area contributed by atoms with Gasteiger partial charge < -0.3 is 11.1 Å². The third-order valence-electron chi connectivity index (χ3n) is 3.75. The molecule has 0 aliphatic heterocycles. The summed E-state index contributed by atoms with van der Waals surface area (Å²) in [7, 11) is 0. The molecular formula is C18H17BrN4O. The summed E-state index contributed by atoms with van der Waals surface area (Å²) in [5.74, 6) is 0.303. The van der Waals surface area contributed by atoms with Crippen molar-refractivity contribution in [3.63, 3.8) is 0 Å². The number of nitrogens with one attached hydrogen (secondary N) is 1. The molecule has 0 spiro atoms. The van der Waals surface area contributed by atoms with Crippen molar-refractivity contribution in [2.24, 2.45) is 5.73 Å². The van der Waals surface area contributed by atoms with Gasteiger partial charge in [0.1, 0.15) is 0 Å². The highest BCUT2D eigenvalue weighted by atomic mass is 79.9. The van der Waals surface area contributed by atoms with E-state index in [2.05, 4.69) is 45.1 Å². The predicted molar refractivity (Wildman–Crippen MR) is 99.6 cm³/mol. The third-order valence-corrected chi connectivity index (χ3v) is 4.24. The quantitative estimate of drug-likeness (QED) is 0.699. The van der Waals surface area contributed by atoms with Crippen LogP contribution >= 0.6 is 15.9 Å². The van der Waals surface area contributed by atoms with E-state index in [1.165, 1.54) is 0 Å². The Bertz CT molecular complexity index is 924. The molecular weight excluding hydrogens is 368 g/mol. The van der Waals surface area contributed by atoms with Gasteiger partial charge in [0.05, 0.1) is 5.52 Å². The molecule has 122 valence electrons. The minimum atomic E-state index is -0.434. The number of primary amides is 1. The molecule has 2 aromatic carbocycles. The summed E-state index contributed by atoms with van der Waals surface area (Å²) in [6.07, 6.45) is 1.78. The van der Waals surface area contributed by atoms with Crippen LogP contribution in [0.4, 0.5) is 11.6 Å². The van der Waals surface area contributed by atoms with Gasteiger partial charge in [-0.3, -0.25) is 4.79 Å². The number of nitrogens with two attached hydrogens (primary N) is 1. The Balaban J connectivity index is 1.98. The number of carbonyl (C=O) groups excluding carboxylic acids is 1. The topological polar surface area (TPSA) is 80.9 Å². The summed E-state index contributed by atoms with van der Waals surface area (Å²) in [6.45, 7) is 4.12. The zero-order valence-electron chi connectivity index (χ0n) is 13.4. The largest absolute Gasteiger partial charge is 0.366 e. The second-order valence-electron chi connectivity index (χ2n) is 5.84. The van der Waals surface area contributed by atoms with E-state index in [1.54, 1.807) is 12.3 Å². The van der Waals surface area contributed by atoms with E-state index in [4.69, 9.17) is 5.73 Å². The molecule has 1 heterocycles. The first-order valence-electron chi connectivity index (χ1n) is 7.57. The van der Waals surface area contributed by atoms with Gasteiger partial charge in [0, 0.05) is 27.3 Å². The molecule has 3 aromatic rings. The van der Waals surface area contributed by atoms with Gasteiger partial charge in [-0.25, -0.2) is 9.97 Å². The van der Waals surface area contributed by atoms with Crippen LogP contribution < -0.4 is 11.1 Å². The van der Waals surface area contributed by atoms with Crippen LogP contribution in [-0.4, -0.2) is 15.9 Å². The van der Waals surface area contributed by atoms with E-state index in [-0.39, 0.29) is 5.92 Å². The number of hydrogen-bond donors (Lipinski definition) is 2. The van der Waals surface area contributed by atoms with Crippen molar-refractivity contribution in [3.05, 3.63) is 58.2 Å². The van der Waals surface area contributed by atoms with Crippen LogP contribution in [0, 0.1) is 0 Å². The molecule has 0 fully saturated rings. The van der Waals surface area contributed by atoms with E-state index >= 15 is 0 Å². The van der Waals surface area contributed by atoms with Crippen LogP contribution in [0.1, 0.15) is 35.7 Å². The molecule has 1 aromatic heterocycles. The van der Waals surface area contributed by atoms with E-state index in [0.29, 0.717) is 11.5 Å². The zero-order valence-corrected chi connectivity index (χ0v) is 15.0. The Morgan fingerprint density at radius 3 is 2.71 bits per heavy atom. The third kappa shape index (κ3) is 3.38. The van der Waals surface area contributed by atoms with Crippen molar-refractivity contribution in [1.29, 1.82) is 0 Å². The summed E-state index contributed by atoms with van der Waals surface area (Å²) in [6, 6.07) is 11.2. The van der Waals surface area contributed by atoms with Crippen LogP contribution in [-0.2, 0) is 0 Å². The van der Waals surface area contributed by atoms with Gasteiger partial charge in [0.2, 0.25) is 11.9 Å². The lowest BCUT2D eigenvalue weighted by atomic mass is 9.98. The molecule has 0 bridgehead atoms. The van der Waals surface area contributed by atoms with E-state index in [9.17, 15) is 4.79 Å². The molecule has 5 nitrogen and oxygen atoms in total. The second kappa shape index (κ2) is 6.57. The fourth-order valence-corrected chi connectivity index (χ4v) is 2.87. The Morgan fingerprint density at radius 1 is 1.21 bits per heavy atom. The van der Waals surface area contributed by atoms with E-state index in [0.717, 1.165) is 26.6 Å². The average molecular weight is 385 g/mol. The number of anilines is 2. The Morgan fingerprint density at radius 2 is 2.00 bits per heavy atom. The molecule has 3 N–H and O–H groups in total. The summed E-state index contributed by atoms with van der Waals surface area (Å²) < 4.78 is 0.989. The first kappa shape index (κ1) is 16.4. The van der Waals surface area contributed by atoms with E-state index < -0.39 is 5.91 Å². The number of amides is 1. The minimum absolute atomic E-state index is 0.225. The summed E-state index contributed by atoms with van der Waals surface area (Å²) in [5, 5.41) is 4.20. The highest BCUT2D eigenvalue weighted by molar-refractivity contribution is 9.10. The van der Waals surface area contributed by atoms with Crippen molar-refractivity contribution in [2.45, 2.75) is 19.8 Å². The van der Waals surface area contributed by atoms with E-state index in [1.807, 2.05) is 30.3 Å². The molecule has 0 unspecified atom stereocenters. The van der Waals surface area contributed by atoms with Gasteiger partial charge in [-0.05, 0) is 47.9 Å². The van der Waals surface area contributed by atoms with Gasteiger partial charge >= 0.3 is 0 Å². The Kier molecular flexibility index (Phi) is 4.49. The smallest absolute Gasteiger partial charge is 0.248 e. The molecule has 0 saturated carbocycles. The number of carbonyl (C=O) groups is 1. The highest BCUT2D eigenvalue weighted by Gasteiger charge is 2.12. The van der Waals surface area contributed by atoms with Gasteiger partial charge in [0.25, 0.3) is 0 Å². The molecule has 3 rings (SSSR count). The summed E-state index contributed by atoms with van der Waals surface area (Å²) in [5.41, 5.74) is 8.58. The van der Waals surface area contributed by atoms with Gasteiger partial charge in [-0.1, -0.05) is 29.8 Å². The van der Waals surface area contributed by atoms with Crippen molar-refractivity contribution in [2.75, 3.05) is 5.32 Å². The van der Waals surface area contributed by atoms with Crippen molar-refractivity contribution in [1.82, 2.24) is 9.97 Å². The van der Waals surface area contributed by atoms with Crippen molar-refractivity contribution >= 4 is 44.4 Å². The maximum atomic E-state index is 11.4. The molecule has 24 heavy (non-hydrogen) atoms. The molecule has 0 aliphatic rings. The van der Waals surface area contributed by atoms with Crippen LogP contribution in [0.5, 0.6) is 0 Å². The van der Waals surface area contributed by atoms with Crippen LogP contribution in [0.2, 0.25) is 0 Å². The molecule has 0 saturated heterocycles. The van der Waals surface area contributed by atoms with Crippen molar-refractivity contribution < 1.29 is 4.79 Å². The van der Waals surface area contributed by atoms with Gasteiger partial charge in [0.15, 0.2) is 0 Å². The number of halogens is 1. The van der Waals surface area contributed by atoms with Gasteiger partial charge in [-0.15, -0.1) is 0 Å². The van der Waals surface area contributed by atoms with Crippen LogP contribution in [0.3, 0.4) is 0 Å². The molecule has 0 atom stereocenters. The van der Waals surface area contributed by atoms with Crippen LogP contribution in [0.25, 0.3) is 10.9 Å². The average Bonchev–Trinajstić information content (AvgIpc) is 2.55. The standard InChI is InChI=1S/C18H17BrN4O/c1-10(2)14-8-11(17(20)24)3-5-16(14)23-18-21-9-12-7-13(19)4-6-15(12)22-18/h3-10H,1-2H3,(H2,20,24)(H,21,22,23). The fraction of sp³-hybridized carbons (Fsp3) is 0.167. The second-order valence-corrected chi connectivity index (χ2v) is 6.76. The lowest BCUT2D eigenvalue weighted by Crippen LogP contribution is -2.12. The SMILES string of the molecule is CC(C)c1cc(C(N)=O)ccc1Nc1ncc2cc(Br)ccc2n1. The maximum absolute atomic E-state index is 11.4. The van der Waals surface area contributed by atoms with Crippen molar-refractivity contribution in [3.8, 4) is 0 Å². The lowest BCUT2D eigenvalue weighted by Gasteiger charge is -2.15. The first-order chi connectivity index (χ1) is 11.4. The molecule has 0 aliphatic carbocycles.